The molecule has 0 aliphatic heterocycles. The van der Waals surface area contributed by atoms with Crippen LogP contribution in [0.15, 0.2) is 47.8 Å². The summed E-state index contributed by atoms with van der Waals surface area (Å²) in [5.41, 5.74) is 0. The third-order valence-electron chi connectivity index (χ3n) is 2.75. The van der Waals surface area contributed by atoms with Gasteiger partial charge in [-0.2, -0.15) is 0 Å². The van der Waals surface area contributed by atoms with Gasteiger partial charge in [0.05, 0.1) is 8.07 Å². The smallest absolute Gasteiger partial charge is 0.0857 e. The van der Waals surface area contributed by atoms with Gasteiger partial charge in [-0.05, 0) is 17.5 Å². The van der Waals surface area contributed by atoms with Crippen molar-refractivity contribution in [2.45, 2.75) is 19.1 Å². The van der Waals surface area contributed by atoms with Crippen LogP contribution in [0.1, 0.15) is 4.88 Å². The number of hydrogen-bond acceptors (Lipinski definition) is 1. The van der Waals surface area contributed by atoms with Crippen LogP contribution >= 0.6 is 11.3 Å². The highest BCUT2D eigenvalue weighted by Crippen LogP contribution is 2.16. The molecule has 0 saturated heterocycles. The first-order valence-corrected chi connectivity index (χ1v) is 9.35. The lowest BCUT2D eigenvalue weighted by molar-refractivity contribution is 1.40. The third-order valence-corrected chi connectivity index (χ3v) is 7.05. The maximum absolute atomic E-state index is 2.45. The number of thiophene rings is 1. The average molecular weight is 232 g/mol. The van der Waals surface area contributed by atoms with Crippen LogP contribution in [-0.2, 0) is 6.04 Å². The van der Waals surface area contributed by atoms with E-state index in [2.05, 4.69) is 60.9 Å². The molecule has 1 heterocycles. The van der Waals surface area contributed by atoms with Crippen molar-refractivity contribution in [3.63, 3.8) is 0 Å². The van der Waals surface area contributed by atoms with E-state index >= 15 is 0 Å². The predicted molar refractivity (Wildman–Crippen MR) is 71.6 cm³/mol. The summed E-state index contributed by atoms with van der Waals surface area (Å²) in [5.74, 6) is 0. The van der Waals surface area contributed by atoms with Crippen molar-refractivity contribution in [1.82, 2.24) is 0 Å². The van der Waals surface area contributed by atoms with Gasteiger partial charge in [0.2, 0.25) is 0 Å². The first kappa shape index (κ1) is 10.6. The van der Waals surface area contributed by atoms with Gasteiger partial charge in [0.25, 0.3) is 0 Å². The van der Waals surface area contributed by atoms with E-state index in [0.29, 0.717) is 0 Å². The summed E-state index contributed by atoms with van der Waals surface area (Å²) in [6, 6.07) is 16.6. The molecular formula is C13H16SSi. The minimum absolute atomic E-state index is 1.26. The zero-order valence-corrected chi connectivity index (χ0v) is 11.1. The first-order chi connectivity index (χ1) is 7.18. The molecule has 0 N–H and O–H groups in total. The van der Waals surface area contributed by atoms with E-state index in [0.717, 1.165) is 0 Å². The molecule has 2 heteroatoms. The largest absolute Gasteiger partial charge is 0.149 e. The van der Waals surface area contributed by atoms with Gasteiger partial charge in [0, 0.05) is 4.88 Å². The molecule has 1 aromatic heterocycles. The Morgan fingerprint density at radius 2 is 1.73 bits per heavy atom. The Morgan fingerprint density at radius 3 is 2.33 bits per heavy atom. The highest BCUT2D eigenvalue weighted by Gasteiger charge is 2.23. The summed E-state index contributed by atoms with van der Waals surface area (Å²) in [5, 5.41) is 3.73. The Bertz CT molecular complexity index is 403. The van der Waals surface area contributed by atoms with E-state index in [1.165, 1.54) is 10.9 Å². The van der Waals surface area contributed by atoms with Crippen LogP contribution in [0.3, 0.4) is 0 Å². The minimum Gasteiger partial charge on any atom is -0.149 e. The van der Waals surface area contributed by atoms with E-state index < -0.39 is 8.07 Å². The molecule has 0 bridgehead atoms. The third kappa shape index (κ3) is 2.58. The van der Waals surface area contributed by atoms with Gasteiger partial charge in [-0.3, -0.25) is 0 Å². The van der Waals surface area contributed by atoms with E-state index in [-0.39, 0.29) is 0 Å². The van der Waals surface area contributed by atoms with E-state index in [9.17, 15) is 0 Å². The van der Waals surface area contributed by atoms with Crippen LogP contribution in [-0.4, -0.2) is 8.07 Å². The van der Waals surface area contributed by atoms with Gasteiger partial charge in [0.1, 0.15) is 0 Å². The zero-order chi connectivity index (χ0) is 10.7. The Balaban J connectivity index is 2.20. The van der Waals surface area contributed by atoms with Crippen LogP contribution < -0.4 is 5.19 Å². The highest BCUT2D eigenvalue weighted by atomic mass is 32.1. The lowest BCUT2D eigenvalue weighted by Crippen LogP contribution is -2.43. The second-order valence-electron chi connectivity index (χ2n) is 4.51. The Kier molecular flexibility index (Phi) is 3.07. The molecule has 15 heavy (non-hydrogen) atoms. The van der Waals surface area contributed by atoms with Crippen LogP contribution in [0.2, 0.25) is 13.1 Å². The van der Waals surface area contributed by atoms with Crippen LogP contribution in [0.25, 0.3) is 0 Å². The molecule has 0 spiro atoms. The molecule has 0 fully saturated rings. The molecule has 0 radical (unpaired) electrons. The highest BCUT2D eigenvalue weighted by molar-refractivity contribution is 7.10. The fraction of sp³-hybridized carbons (Fsp3) is 0.231. The molecule has 0 saturated carbocycles. The van der Waals surface area contributed by atoms with E-state index in [4.69, 9.17) is 0 Å². The average Bonchev–Trinajstić information content (AvgIpc) is 2.71. The molecular weight excluding hydrogens is 216 g/mol. The SMILES string of the molecule is C[Si](C)(Cc1cccs1)c1ccccc1. The molecule has 0 atom stereocenters. The molecule has 0 aliphatic rings. The summed E-state index contributed by atoms with van der Waals surface area (Å²) >= 11 is 1.88. The second kappa shape index (κ2) is 4.33. The number of hydrogen-bond donors (Lipinski definition) is 0. The summed E-state index contributed by atoms with van der Waals surface area (Å²) in [6.45, 7) is 4.89. The molecule has 2 aromatic rings. The van der Waals surface area contributed by atoms with E-state index in [1.807, 2.05) is 11.3 Å². The fourth-order valence-corrected chi connectivity index (χ4v) is 6.03. The maximum Gasteiger partial charge on any atom is 0.0857 e. The zero-order valence-electron chi connectivity index (χ0n) is 9.23. The van der Waals surface area contributed by atoms with Gasteiger partial charge >= 0.3 is 0 Å². The van der Waals surface area contributed by atoms with Gasteiger partial charge in [-0.1, -0.05) is 54.7 Å². The predicted octanol–water partition coefficient (Wildman–Crippen LogP) is 3.45. The van der Waals surface area contributed by atoms with Crippen molar-refractivity contribution in [3.8, 4) is 0 Å². The van der Waals surface area contributed by atoms with Crippen LogP contribution in [0, 0.1) is 0 Å². The lowest BCUT2D eigenvalue weighted by Gasteiger charge is -2.22. The Morgan fingerprint density at radius 1 is 1.00 bits per heavy atom. The fourth-order valence-electron chi connectivity index (χ4n) is 1.84. The normalized spacial score (nSPS) is 11.6. The molecule has 2 rings (SSSR count). The molecule has 0 aliphatic carbocycles. The Hall–Kier alpha value is -0.863. The molecule has 0 unspecified atom stereocenters. The van der Waals surface area contributed by atoms with Crippen molar-refractivity contribution < 1.29 is 0 Å². The molecule has 1 aromatic carbocycles. The van der Waals surface area contributed by atoms with Crippen molar-refractivity contribution in [3.05, 3.63) is 52.7 Å². The van der Waals surface area contributed by atoms with Gasteiger partial charge in [-0.25, -0.2) is 0 Å². The van der Waals surface area contributed by atoms with Crippen molar-refractivity contribution >= 4 is 24.6 Å². The Labute approximate surface area is 96.6 Å². The van der Waals surface area contributed by atoms with Crippen molar-refractivity contribution in [1.29, 1.82) is 0 Å². The monoisotopic (exact) mass is 232 g/mol. The van der Waals surface area contributed by atoms with Crippen molar-refractivity contribution in [2.75, 3.05) is 0 Å². The number of rotatable bonds is 3. The van der Waals surface area contributed by atoms with Crippen LogP contribution in [0.5, 0.6) is 0 Å². The maximum atomic E-state index is 2.45. The standard InChI is InChI=1S/C13H16SSi/c1-15(2,11-12-7-6-10-14-12)13-8-4-3-5-9-13/h3-10H,11H2,1-2H3. The van der Waals surface area contributed by atoms with Gasteiger partial charge in [0.15, 0.2) is 0 Å². The summed E-state index contributed by atoms with van der Waals surface area (Å²) in [7, 11) is -1.27. The summed E-state index contributed by atoms with van der Waals surface area (Å²) in [4.78, 5) is 1.52. The minimum atomic E-state index is -1.27. The van der Waals surface area contributed by atoms with E-state index in [1.54, 1.807) is 5.19 Å². The molecule has 0 nitrogen and oxygen atoms in total. The first-order valence-electron chi connectivity index (χ1n) is 5.26. The summed E-state index contributed by atoms with van der Waals surface area (Å²) < 4.78 is 0. The topological polar surface area (TPSA) is 0 Å². The number of benzene rings is 1. The lowest BCUT2D eigenvalue weighted by atomic mass is 10.4. The summed E-state index contributed by atoms with van der Waals surface area (Å²) in [6.07, 6.45) is 0. The van der Waals surface area contributed by atoms with Gasteiger partial charge < -0.3 is 0 Å². The quantitative estimate of drug-likeness (QED) is 0.711. The van der Waals surface area contributed by atoms with Gasteiger partial charge in [-0.15, -0.1) is 11.3 Å². The molecule has 78 valence electrons. The second-order valence-corrected chi connectivity index (χ2v) is 10.2. The van der Waals surface area contributed by atoms with Crippen molar-refractivity contribution in [2.24, 2.45) is 0 Å². The van der Waals surface area contributed by atoms with Crippen LogP contribution in [0.4, 0.5) is 0 Å². The molecule has 0 amide bonds.